The van der Waals surface area contributed by atoms with Crippen LogP contribution in [-0.4, -0.2) is 230 Å². The Labute approximate surface area is 488 Å². The average Bonchev–Trinajstić information content (AvgIpc) is 4.44. The molecule has 0 aliphatic carbocycles. The van der Waals surface area contributed by atoms with Crippen molar-refractivity contribution >= 4 is 83.6 Å². The zero-order chi connectivity index (χ0) is 61.5. The Morgan fingerprint density at radius 1 is 0.566 bits per heavy atom. The highest BCUT2D eigenvalue weighted by atomic mass is 32.1. The van der Waals surface area contributed by atoms with Gasteiger partial charge >= 0.3 is 11.9 Å². The lowest BCUT2D eigenvalue weighted by molar-refractivity contribution is -0.149. The van der Waals surface area contributed by atoms with Crippen LogP contribution in [0.15, 0.2) is 0 Å². The van der Waals surface area contributed by atoms with E-state index >= 15 is 0 Å². The number of amides is 10. The van der Waals surface area contributed by atoms with Crippen LogP contribution in [-0.2, 0) is 57.5 Å². The number of nitrogens with two attached hydrogens (primary N) is 2. The minimum atomic E-state index is -1.79. The van der Waals surface area contributed by atoms with E-state index in [-0.39, 0.29) is 57.6 Å². The molecule has 30 heteroatoms. The average molecular weight is 1200 g/mol. The summed E-state index contributed by atoms with van der Waals surface area (Å²) in [6.45, 7) is 5.45. The minimum absolute atomic E-state index is 0.0924. The number of likely N-dealkylation sites (tertiary alicyclic amines) is 3. The van der Waals surface area contributed by atoms with Gasteiger partial charge in [-0.25, -0.2) is 4.79 Å². The molecular weight excluding hydrogens is 1110 g/mol. The number of carbonyl (C=O) groups excluding carboxylic acids is 10. The molecule has 468 valence electrons. The largest absolute Gasteiger partial charge is 0.481 e. The summed E-state index contributed by atoms with van der Waals surface area (Å²) < 4.78 is 0. The third-order valence-corrected chi connectivity index (χ3v) is 16.1. The van der Waals surface area contributed by atoms with E-state index in [0.29, 0.717) is 77.4 Å². The monoisotopic (exact) mass is 1200 g/mol. The molecule has 0 unspecified atom stereocenters. The Kier molecular flexibility index (Phi) is 28.8. The number of carbonyl (C=O) groups is 12. The number of nitrogens with zero attached hydrogens (tertiary/aromatic N) is 3. The first-order valence-electron chi connectivity index (χ1n) is 29.1. The van der Waals surface area contributed by atoms with E-state index in [1.165, 1.54) is 14.7 Å². The van der Waals surface area contributed by atoms with Gasteiger partial charge in [0.15, 0.2) is 0 Å². The summed E-state index contributed by atoms with van der Waals surface area (Å²) in [5, 5.41) is 61.0. The molecule has 0 aromatic heterocycles. The molecule has 83 heavy (non-hydrogen) atoms. The van der Waals surface area contributed by atoms with Crippen molar-refractivity contribution in [2.45, 2.75) is 202 Å². The first kappa shape index (κ1) is 69.3. The highest BCUT2D eigenvalue weighted by Crippen LogP contribution is 2.28. The fourth-order valence-electron chi connectivity index (χ4n) is 10.7. The molecule has 0 radical (unpaired) electrons. The molecule has 4 fully saturated rings. The van der Waals surface area contributed by atoms with E-state index < -0.39 is 169 Å². The van der Waals surface area contributed by atoms with Gasteiger partial charge in [-0.15, -0.1) is 0 Å². The van der Waals surface area contributed by atoms with E-state index in [1.807, 2.05) is 0 Å². The second-order valence-corrected chi connectivity index (χ2v) is 22.2. The summed E-state index contributed by atoms with van der Waals surface area (Å²) in [6.07, 6.45) is 3.04. The van der Waals surface area contributed by atoms with Crippen LogP contribution in [0.5, 0.6) is 0 Å². The molecule has 10 amide bonds. The molecule has 0 spiro atoms. The lowest BCUT2D eigenvalue weighted by Crippen LogP contribution is -2.62. The topological polar surface area (TPSA) is 444 Å². The van der Waals surface area contributed by atoms with Crippen molar-refractivity contribution in [2.75, 3.05) is 51.6 Å². The first-order valence-corrected chi connectivity index (χ1v) is 29.7. The van der Waals surface area contributed by atoms with E-state index in [4.69, 9.17) is 11.5 Å². The lowest BCUT2D eigenvalue weighted by Gasteiger charge is -2.35. The Bertz CT molecular complexity index is 2280. The molecule has 4 aliphatic heterocycles. The number of aliphatic hydroxyl groups is 2. The normalized spacial score (nSPS) is 21.9. The number of hydrogen-bond acceptors (Lipinski definition) is 18. The Morgan fingerprint density at radius 3 is 1.55 bits per heavy atom. The van der Waals surface area contributed by atoms with Crippen molar-refractivity contribution in [3.63, 3.8) is 0 Å². The van der Waals surface area contributed by atoms with Crippen molar-refractivity contribution in [3.8, 4) is 0 Å². The van der Waals surface area contributed by atoms with E-state index in [2.05, 4.69) is 55.2 Å². The maximum absolute atomic E-state index is 14.5. The number of carboxylic acids is 2. The van der Waals surface area contributed by atoms with Gasteiger partial charge in [0, 0.05) is 31.8 Å². The van der Waals surface area contributed by atoms with Crippen LogP contribution >= 0.6 is 12.6 Å². The number of nitrogens with one attached hydrogen (secondary N) is 8. The van der Waals surface area contributed by atoms with Gasteiger partial charge in [0.05, 0.1) is 18.8 Å². The predicted molar refractivity (Wildman–Crippen MR) is 301 cm³/mol. The van der Waals surface area contributed by atoms with Crippen molar-refractivity contribution in [2.24, 2.45) is 17.4 Å². The fourth-order valence-corrected chi connectivity index (χ4v) is 11.0. The number of thiol groups is 1. The van der Waals surface area contributed by atoms with Crippen LogP contribution in [0.1, 0.15) is 130 Å². The van der Waals surface area contributed by atoms with Crippen LogP contribution in [0.2, 0.25) is 0 Å². The standard InChI is InChI=1S/C53H89N13O16S/c1-4-29(2)41(52(80)66-26-12-18-39(66)51(79)65-25-11-17-38(65)48(76)59-34(53(81)82)14-6-8-22-55)62-45(73)35(27-67)60-43(71)31(13-5-7-21-54)58-49(77)42(30(3)68)63-46(74)36(28-83)61-44(72)32(19-20-40(69)70)57-47(75)37-16-10-24-64(37)50(78)33-15-9-23-56-33/h29-39,41-42,56,67-68,83H,4-28,54-55H2,1-3H3,(H,57,75)(H,58,77)(H,59,76)(H,60,71)(H,61,72)(H,62,73)(H,63,74)(H,69,70)(H,81,82)/t29-,30+,31-,32-,33-,34-,35-,36-,37-,38-,39-,41-,42-/m0/s1. The van der Waals surface area contributed by atoms with Gasteiger partial charge in [-0.05, 0) is 129 Å². The number of carboxylic acid groups (broad SMARTS) is 2. The van der Waals surface area contributed by atoms with Crippen LogP contribution in [0.25, 0.3) is 0 Å². The van der Waals surface area contributed by atoms with Crippen molar-refractivity contribution in [1.82, 2.24) is 57.2 Å². The Balaban J connectivity index is 1.43. The van der Waals surface area contributed by atoms with Gasteiger partial charge in [-0.2, -0.15) is 12.6 Å². The van der Waals surface area contributed by atoms with Crippen LogP contribution in [0.4, 0.5) is 0 Å². The van der Waals surface area contributed by atoms with E-state index in [1.54, 1.807) is 13.8 Å². The van der Waals surface area contributed by atoms with Crippen molar-refractivity contribution < 1.29 is 78.0 Å². The molecular formula is C53H89N13O16S. The summed E-state index contributed by atoms with van der Waals surface area (Å²) in [6, 6.07) is -13.8. The molecule has 4 rings (SSSR count). The SMILES string of the molecule is CC[C@H](C)[C@H](NC(=O)[C@H](CO)NC(=O)[C@H](CCCCN)NC(=O)[C@@H](NC(=O)[C@H](CS)NC(=O)[C@H](CCC(=O)O)NC(=O)[C@@H]1CCCN1C(=O)[C@@H]1CCCN1)[C@@H](C)O)C(=O)N1CCC[C@H]1C(=O)N1CCC[C@H]1C(=O)N[C@@H](CCCCN)C(=O)O. The quantitative estimate of drug-likeness (QED) is 0.0214. The highest BCUT2D eigenvalue weighted by molar-refractivity contribution is 7.80. The van der Waals surface area contributed by atoms with E-state index in [9.17, 15) is 78.0 Å². The summed E-state index contributed by atoms with van der Waals surface area (Å²) in [4.78, 5) is 166. The minimum Gasteiger partial charge on any atom is -0.481 e. The molecule has 0 aromatic rings. The number of hydrogen-bond donors (Lipinski definition) is 15. The molecule has 29 nitrogen and oxygen atoms in total. The Hall–Kier alpha value is -6.21. The van der Waals surface area contributed by atoms with Gasteiger partial charge in [0.1, 0.15) is 60.4 Å². The maximum atomic E-state index is 14.5. The second-order valence-electron chi connectivity index (χ2n) is 21.8. The van der Waals surface area contributed by atoms with Crippen molar-refractivity contribution in [1.29, 1.82) is 0 Å². The van der Waals surface area contributed by atoms with Crippen LogP contribution in [0, 0.1) is 5.92 Å². The second kappa shape index (κ2) is 34.5. The third-order valence-electron chi connectivity index (χ3n) is 15.7. The van der Waals surface area contributed by atoms with Crippen LogP contribution in [0.3, 0.4) is 0 Å². The van der Waals surface area contributed by atoms with Crippen LogP contribution < -0.4 is 54.0 Å². The molecule has 13 atom stereocenters. The first-order chi connectivity index (χ1) is 39.5. The van der Waals surface area contributed by atoms with Gasteiger partial charge in [0.2, 0.25) is 59.1 Å². The maximum Gasteiger partial charge on any atom is 0.326 e. The summed E-state index contributed by atoms with van der Waals surface area (Å²) in [5.74, 6) is -11.3. The smallest absolute Gasteiger partial charge is 0.326 e. The molecule has 4 saturated heterocycles. The molecule has 4 aliphatic rings. The highest BCUT2D eigenvalue weighted by Gasteiger charge is 2.46. The summed E-state index contributed by atoms with van der Waals surface area (Å²) >= 11 is 4.19. The summed E-state index contributed by atoms with van der Waals surface area (Å²) in [7, 11) is 0. The molecule has 0 aromatic carbocycles. The third kappa shape index (κ3) is 20.0. The van der Waals surface area contributed by atoms with E-state index in [0.717, 1.165) is 13.3 Å². The number of aliphatic carboxylic acids is 2. The van der Waals surface area contributed by atoms with Gasteiger partial charge < -0.3 is 89.1 Å². The number of unbranched alkanes of at least 4 members (excludes halogenated alkanes) is 2. The lowest BCUT2D eigenvalue weighted by atomic mass is 9.96. The Morgan fingerprint density at radius 2 is 1.05 bits per heavy atom. The van der Waals surface area contributed by atoms with Gasteiger partial charge in [-0.1, -0.05) is 20.3 Å². The zero-order valence-corrected chi connectivity index (χ0v) is 48.7. The molecule has 0 bridgehead atoms. The number of aliphatic hydroxyl groups excluding tert-OH is 2. The molecule has 4 heterocycles. The summed E-state index contributed by atoms with van der Waals surface area (Å²) in [5.41, 5.74) is 11.3. The fraction of sp³-hybridized carbons (Fsp3) is 0.774. The van der Waals surface area contributed by atoms with Gasteiger partial charge in [0.25, 0.3) is 0 Å². The predicted octanol–water partition coefficient (Wildman–Crippen LogP) is -4.34. The molecule has 0 saturated carbocycles. The molecule has 16 N–H and O–H groups in total. The number of rotatable bonds is 34. The van der Waals surface area contributed by atoms with Crippen molar-refractivity contribution in [3.05, 3.63) is 0 Å². The van der Waals surface area contributed by atoms with Gasteiger partial charge in [-0.3, -0.25) is 52.7 Å². The zero-order valence-electron chi connectivity index (χ0n) is 47.8.